The third kappa shape index (κ3) is 3.42. The summed E-state index contributed by atoms with van der Waals surface area (Å²) >= 11 is 3.13. The minimum atomic E-state index is -3.90. The molecule has 0 amide bonds. The molecule has 9 heteroatoms. The number of nitrogen functional groups attached to an aromatic ring is 1. The van der Waals surface area contributed by atoms with E-state index >= 15 is 0 Å². The van der Waals surface area contributed by atoms with Gasteiger partial charge in [-0.05, 0) is 37.1 Å². The molecule has 1 aliphatic heterocycles. The van der Waals surface area contributed by atoms with Crippen LogP contribution in [-0.4, -0.2) is 35.8 Å². The van der Waals surface area contributed by atoms with Gasteiger partial charge in [0.25, 0.3) is 0 Å². The molecule has 1 aromatic heterocycles. The lowest BCUT2D eigenvalue weighted by Crippen LogP contribution is -2.39. The fraction of sp³-hybridized carbons (Fsp3) is 0.333. The van der Waals surface area contributed by atoms with Crippen LogP contribution in [0.25, 0.3) is 0 Å². The van der Waals surface area contributed by atoms with Crippen LogP contribution in [0.4, 0.5) is 10.3 Å². The molecule has 1 fully saturated rings. The highest BCUT2D eigenvalue weighted by atomic mass is 79.9. The van der Waals surface area contributed by atoms with Crippen molar-refractivity contribution in [2.24, 2.45) is 0 Å². The first-order valence-corrected chi connectivity index (χ1v) is 9.65. The molecule has 0 saturated carbocycles. The number of nitrogens with zero attached hydrogens (tertiary/aromatic N) is 3. The first kappa shape index (κ1) is 17.2. The zero-order valence-corrected chi connectivity index (χ0v) is 15.1. The molecule has 1 aliphatic rings. The maximum atomic E-state index is 14.1. The second kappa shape index (κ2) is 6.73. The van der Waals surface area contributed by atoms with Crippen LogP contribution < -0.4 is 5.73 Å². The molecule has 2 heterocycles. The second-order valence-electron chi connectivity index (χ2n) is 5.62. The highest BCUT2D eigenvalue weighted by molar-refractivity contribution is 9.10. The number of rotatable bonds is 3. The van der Waals surface area contributed by atoms with Crippen molar-refractivity contribution in [1.82, 2.24) is 14.3 Å². The summed E-state index contributed by atoms with van der Waals surface area (Å²) in [6.45, 7) is 0.600. The summed E-state index contributed by atoms with van der Waals surface area (Å²) in [5.74, 6) is -0.693. The van der Waals surface area contributed by atoms with Crippen molar-refractivity contribution in [3.8, 4) is 0 Å². The van der Waals surface area contributed by atoms with Crippen LogP contribution in [0.5, 0.6) is 0 Å². The van der Waals surface area contributed by atoms with Gasteiger partial charge in [0.05, 0.1) is 5.69 Å². The molecule has 1 atom stereocenters. The van der Waals surface area contributed by atoms with E-state index in [0.717, 1.165) is 12.5 Å². The Hall–Kier alpha value is -1.58. The van der Waals surface area contributed by atoms with Gasteiger partial charge in [-0.3, -0.25) is 0 Å². The molecule has 0 radical (unpaired) electrons. The van der Waals surface area contributed by atoms with E-state index in [0.29, 0.717) is 23.1 Å². The van der Waals surface area contributed by atoms with E-state index in [9.17, 15) is 12.8 Å². The molecular formula is C15H16BrFN4O2S. The lowest BCUT2D eigenvalue weighted by atomic mass is 9.96. The molecule has 1 saturated heterocycles. The summed E-state index contributed by atoms with van der Waals surface area (Å²) in [6.07, 6.45) is 3.02. The molecule has 128 valence electrons. The minimum absolute atomic E-state index is 0.0858. The summed E-state index contributed by atoms with van der Waals surface area (Å²) in [6, 6.07) is 5.68. The summed E-state index contributed by atoms with van der Waals surface area (Å²) in [5.41, 5.74) is 6.31. The molecule has 24 heavy (non-hydrogen) atoms. The van der Waals surface area contributed by atoms with Crippen molar-refractivity contribution in [2.45, 2.75) is 23.7 Å². The van der Waals surface area contributed by atoms with Crippen LogP contribution in [0.3, 0.4) is 0 Å². The smallest absolute Gasteiger partial charge is 0.246 e. The zero-order chi connectivity index (χ0) is 17.3. The lowest BCUT2D eigenvalue weighted by Gasteiger charge is -2.31. The van der Waals surface area contributed by atoms with Gasteiger partial charge in [0.1, 0.15) is 10.7 Å². The Labute approximate surface area is 148 Å². The monoisotopic (exact) mass is 414 g/mol. The van der Waals surface area contributed by atoms with Crippen LogP contribution in [0.2, 0.25) is 0 Å². The van der Waals surface area contributed by atoms with Crippen molar-refractivity contribution < 1.29 is 12.8 Å². The molecule has 2 N–H and O–H groups in total. The number of hydrogen-bond donors (Lipinski definition) is 1. The largest absolute Gasteiger partial charge is 0.368 e. The first-order valence-electron chi connectivity index (χ1n) is 7.41. The minimum Gasteiger partial charge on any atom is -0.368 e. The van der Waals surface area contributed by atoms with Crippen molar-refractivity contribution in [1.29, 1.82) is 0 Å². The molecule has 2 aromatic rings. The predicted molar refractivity (Wildman–Crippen MR) is 91.3 cm³/mol. The number of sulfonamides is 1. The van der Waals surface area contributed by atoms with E-state index in [4.69, 9.17) is 5.73 Å². The predicted octanol–water partition coefficient (Wildman–Crippen LogP) is 2.53. The fourth-order valence-corrected chi connectivity index (χ4v) is 4.74. The van der Waals surface area contributed by atoms with Crippen molar-refractivity contribution in [3.63, 3.8) is 0 Å². The third-order valence-corrected chi connectivity index (χ3v) is 6.40. The van der Waals surface area contributed by atoms with Gasteiger partial charge in [-0.15, -0.1) is 0 Å². The Balaban J connectivity index is 1.88. The van der Waals surface area contributed by atoms with Gasteiger partial charge in [-0.1, -0.05) is 15.9 Å². The Morgan fingerprint density at radius 1 is 1.33 bits per heavy atom. The topological polar surface area (TPSA) is 89.2 Å². The van der Waals surface area contributed by atoms with Crippen LogP contribution in [-0.2, 0) is 10.0 Å². The van der Waals surface area contributed by atoms with Crippen LogP contribution in [0.1, 0.15) is 24.5 Å². The van der Waals surface area contributed by atoms with E-state index in [2.05, 4.69) is 25.9 Å². The summed E-state index contributed by atoms with van der Waals surface area (Å²) in [7, 11) is -3.90. The first-order chi connectivity index (χ1) is 11.4. The third-order valence-electron chi connectivity index (χ3n) is 4.01. The number of halogens is 2. The van der Waals surface area contributed by atoms with Gasteiger partial charge in [-0.2, -0.15) is 4.31 Å². The van der Waals surface area contributed by atoms with Crippen LogP contribution >= 0.6 is 15.9 Å². The van der Waals surface area contributed by atoms with Crippen molar-refractivity contribution in [3.05, 3.63) is 46.4 Å². The standard InChI is InChI=1S/C15H16BrFN4O2S/c16-11-3-4-14(12(17)8-11)24(22,23)21-7-1-2-10(9-21)13-5-6-19-15(18)20-13/h3-6,8,10H,1-2,7,9H2,(H2,18,19,20)/t10-/m0/s1. The Morgan fingerprint density at radius 3 is 2.83 bits per heavy atom. The van der Waals surface area contributed by atoms with Crippen LogP contribution in [0.15, 0.2) is 39.8 Å². The zero-order valence-electron chi connectivity index (χ0n) is 12.7. The number of piperidine rings is 1. The molecule has 6 nitrogen and oxygen atoms in total. The maximum absolute atomic E-state index is 14.1. The molecule has 0 bridgehead atoms. The average Bonchev–Trinajstić information content (AvgIpc) is 2.54. The molecule has 1 aromatic carbocycles. The van der Waals surface area contributed by atoms with E-state index in [-0.39, 0.29) is 23.3 Å². The van der Waals surface area contributed by atoms with E-state index in [1.165, 1.54) is 16.4 Å². The molecule has 0 unspecified atom stereocenters. The Kier molecular flexibility index (Phi) is 4.84. The van der Waals surface area contributed by atoms with E-state index in [1.54, 1.807) is 12.3 Å². The SMILES string of the molecule is Nc1nccc([C@H]2CCCN(S(=O)(=O)c3ccc(Br)cc3F)C2)n1. The number of hydrogen-bond acceptors (Lipinski definition) is 5. The highest BCUT2D eigenvalue weighted by Gasteiger charge is 2.33. The molecular weight excluding hydrogens is 399 g/mol. The quantitative estimate of drug-likeness (QED) is 0.832. The van der Waals surface area contributed by atoms with Gasteiger partial charge < -0.3 is 5.73 Å². The molecule has 3 rings (SSSR count). The molecule has 0 spiro atoms. The van der Waals surface area contributed by atoms with E-state index in [1.807, 2.05) is 0 Å². The lowest BCUT2D eigenvalue weighted by molar-refractivity contribution is 0.311. The van der Waals surface area contributed by atoms with Gasteiger partial charge in [-0.25, -0.2) is 22.8 Å². The number of aromatic nitrogens is 2. The number of nitrogens with two attached hydrogens (primary N) is 1. The van der Waals surface area contributed by atoms with Gasteiger partial charge >= 0.3 is 0 Å². The number of anilines is 1. The van der Waals surface area contributed by atoms with Gasteiger partial charge in [0.2, 0.25) is 16.0 Å². The van der Waals surface area contributed by atoms with E-state index < -0.39 is 15.8 Å². The summed E-state index contributed by atoms with van der Waals surface area (Å²) in [5, 5.41) is 0. The summed E-state index contributed by atoms with van der Waals surface area (Å²) < 4.78 is 41.5. The van der Waals surface area contributed by atoms with Crippen LogP contribution in [0, 0.1) is 5.82 Å². The fourth-order valence-electron chi connectivity index (χ4n) is 2.84. The highest BCUT2D eigenvalue weighted by Crippen LogP contribution is 2.30. The number of benzene rings is 1. The van der Waals surface area contributed by atoms with Gasteiger partial charge in [0.15, 0.2) is 0 Å². The second-order valence-corrected chi connectivity index (χ2v) is 8.44. The van der Waals surface area contributed by atoms with Gasteiger partial charge in [0, 0.05) is 29.7 Å². The Morgan fingerprint density at radius 2 is 2.12 bits per heavy atom. The van der Waals surface area contributed by atoms with Crippen molar-refractivity contribution in [2.75, 3.05) is 18.8 Å². The molecule has 0 aliphatic carbocycles. The maximum Gasteiger partial charge on any atom is 0.246 e. The average molecular weight is 415 g/mol. The van der Waals surface area contributed by atoms with Crippen molar-refractivity contribution >= 4 is 31.9 Å². The normalized spacial score (nSPS) is 19.3. The Bertz CT molecular complexity index is 862. The summed E-state index contributed by atoms with van der Waals surface area (Å²) in [4.78, 5) is 7.72.